The van der Waals surface area contributed by atoms with E-state index < -0.39 is 5.97 Å². The number of benzene rings is 2. The highest BCUT2D eigenvalue weighted by atomic mass is 79.9. The van der Waals surface area contributed by atoms with Crippen LogP contribution in [0, 0.1) is 13.8 Å². The predicted octanol–water partition coefficient (Wildman–Crippen LogP) is 3.42. The molecule has 2 aromatic carbocycles. The van der Waals surface area contributed by atoms with Crippen LogP contribution >= 0.6 is 15.9 Å². The predicted molar refractivity (Wildman–Crippen MR) is 98.8 cm³/mol. The summed E-state index contributed by atoms with van der Waals surface area (Å²) in [6.07, 6.45) is 0. The van der Waals surface area contributed by atoms with Gasteiger partial charge in [-0.05, 0) is 49.7 Å². The summed E-state index contributed by atoms with van der Waals surface area (Å²) in [4.78, 5) is 23.5. The van der Waals surface area contributed by atoms with Crippen molar-refractivity contribution in [1.29, 1.82) is 0 Å². The molecule has 0 aliphatic heterocycles. The molecule has 0 unspecified atom stereocenters. The molecule has 1 amide bonds. The minimum absolute atomic E-state index is 0.321. The van der Waals surface area contributed by atoms with Gasteiger partial charge in [-0.2, -0.15) is 0 Å². The summed E-state index contributed by atoms with van der Waals surface area (Å²) in [6.45, 7) is 4.35. The molecule has 0 saturated carbocycles. The Hall–Kier alpha value is -2.34. The number of amides is 1. The van der Waals surface area contributed by atoms with Gasteiger partial charge in [0.15, 0.2) is 6.61 Å². The lowest BCUT2D eigenvalue weighted by Gasteiger charge is -2.10. The van der Waals surface area contributed by atoms with Gasteiger partial charge in [-0.3, -0.25) is 4.79 Å². The zero-order valence-corrected chi connectivity index (χ0v) is 15.8. The summed E-state index contributed by atoms with van der Waals surface area (Å²) in [7, 11) is 0. The third-order valence-corrected chi connectivity index (χ3v) is 3.96. The first kappa shape index (κ1) is 19.0. The summed E-state index contributed by atoms with van der Waals surface area (Å²) in [5.41, 5.74) is 2.62. The molecule has 0 aliphatic rings. The van der Waals surface area contributed by atoms with Crippen LogP contribution in [-0.2, 0) is 9.53 Å². The van der Waals surface area contributed by atoms with Gasteiger partial charge in [0.25, 0.3) is 5.91 Å². The molecule has 2 aromatic rings. The van der Waals surface area contributed by atoms with Crippen LogP contribution in [0.5, 0.6) is 5.75 Å². The van der Waals surface area contributed by atoms with Gasteiger partial charge in [-0.25, -0.2) is 4.79 Å². The van der Waals surface area contributed by atoms with Crippen molar-refractivity contribution in [2.24, 2.45) is 0 Å². The molecular formula is C19H20BrNO4. The summed E-state index contributed by atoms with van der Waals surface area (Å²) in [5, 5.41) is 2.65. The van der Waals surface area contributed by atoms with E-state index in [1.165, 1.54) is 5.56 Å². The maximum Gasteiger partial charge on any atom is 0.338 e. The van der Waals surface area contributed by atoms with E-state index in [2.05, 4.69) is 21.2 Å². The summed E-state index contributed by atoms with van der Waals surface area (Å²) in [6, 6.07) is 12.6. The van der Waals surface area contributed by atoms with Gasteiger partial charge in [-0.1, -0.05) is 33.6 Å². The molecule has 0 fully saturated rings. The number of halogens is 1. The molecule has 0 aromatic heterocycles. The first-order valence-corrected chi connectivity index (χ1v) is 8.64. The highest BCUT2D eigenvalue weighted by Crippen LogP contribution is 2.18. The topological polar surface area (TPSA) is 64.6 Å². The van der Waals surface area contributed by atoms with Crippen molar-refractivity contribution in [1.82, 2.24) is 5.32 Å². The SMILES string of the molecule is Cc1ccc(OCCNC(=O)COC(=O)c2ccc(Br)cc2)c(C)c1. The van der Waals surface area contributed by atoms with Crippen molar-refractivity contribution in [3.8, 4) is 5.75 Å². The van der Waals surface area contributed by atoms with Gasteiger partial charge in [0.2, 0.25) is 0 Å². The smallest absolute Gasteiger partial charge is 0.338 e. The normalized spacial score (nSPS) is 10.2. The second-order valence-electron chi connectivity index (χ2n) is 5.55. The van der Waals surface area contributed by atoms with Crippen molar-refractivity contribution in [2.45, 2.75) is 13.8 Å². The van der Waals surface area contributed by atoms with E-state index in [9.17, 15) is 9.59 Å². The number of nitrogens with one attached hydrogen (secondary N) is 1. The van der Waals surface area contributed by atoms with E-state index in [-0.39, 0.29) is 12.5 Å². The number of hydrogen-bond acceptors (Lipinski definition) is 4. The molecule has 0 bridgehead atoms. The monoisotopic (exact) mass is 405 g/mol. The Morgan fingerprint density at radius 2 is 1.80 bits per heavy atom. The van der Waals surface area contributed by atoms with Gasteiger partial charge in [-0.15, -0.1) is 0 Å². The van der Waals surface area contributed by atoms with E-state index in [4.69, 9.17) is 9.47 Å². The minimum atomic E-state index is -0.533. The Kier molecular flexibility index (Phi) is 7.01. The van der Waals surface area contributed by atoms with Crippen molar-refractivity contribution in [3.63, 3.8) is 0 Å². The number of carbonyl (C=O) groups is 2. The van der Waals surface area contributed by atoms with E-state index >= 15 is 0 Å². The van der Waals surface area contributed by atoms with E-state index in [0.717, 1.165) is 15.8 Å². The lowest BCUT2D eigenvalue weighted by atomic mass is 10.1. The Labute approximate surface area is 155 Å². The van der Waals surface area contributed by atoms with Crippen LogP contribution in [0.15, 0.2) is 46.9 Å². The van der Waals surface area contributed by atoms with Crippen LogP contribution in [0.4, 0.5) is 0 Å². The maximum atomic E-state index is 11.8. The van der Waals surface area contributed by atoms with E-state index in [1.54, 1.807) is 24.3 Å². The lowest BCUT2D eigenvalue weighted by molar-refractivity contribution is -0.124. The molecule has 6 heteroatoms. The first-order chi connectivity index (χ1) is 12.0. The first-order valence-electron chi connectivity index (χ1n) is 7.85. The quantitative estimate of drug-likeness (QED) is 0.566. The fraction of sp³-hybridized carbons (Fsp3) is 0.263. The highest BCUT2D eigenvalue weighted by molar-refractivity contribution is 9.10. The summed E-state index contributed by atoms with van der Waals surface area (Å²) >= 11 is 3.29. The van der Waals surface area contributed by atoms with E-state index in [1.807, 2.05) is 32.0 Å². The Balaban J connectivity index is 1.67. The molecule has 0 spiro atoms. The van der Waals surface area contributed by atoms with Crippen molar-refractivity contribution >= 4 is 27.8 Å². The lowest BCUT2D eigenvalue weighted by Crippen LogP contribution is -2.32. The summed E-state index contributed by atoms with van der Waals surface area (Å²) in [5.74, 6) is -0.106. The van der Waals surface area contributed by atoms with Crippen LogP contribution in [0.3, 0.4) is 0 Å². The minimum Gasteiger partial charge on any atom is -0.491 e. The molecule has 2 rings (SSSR count). The molecule has 0 heterocycles. The second-order valence-corrected chi connectivity index (χ2v) is 6.47. The number of ether oxygens (including phenoxy) is 2. The van der Waals surface area contributed by atoms with Crippen molar-refractivity contribution in [2.75, 3.05) is 19.8 Å². The fourth-order valence-corrected chi connectivity index (χ4v) is 2.43. The van der Waals surface area contributed by atoms with Crippen LogP contribution in [0.2, 0.25) is 0 Å². The van der Waals surface area contributed by atoms with Crippen molar-refractivity contribution in [3.05, 3.63) is 63.6 Å². The average Bonchev–Trinajstić information content (AvgIpc) is 2.58. The van der Waals surface area contributed by atoms with Crippen LogP contribution in [-0.4, -0.2) is 31.6 Å². The molecule has 0 aliphatic carbocycles. The number of rotatable bonds is 7. The highest BCUT2D eigenvalue weighted by Gasteiger charge is 2.09. The number of aryl methyl sites for hydroxylation is 2. The largest absolute Gasteiger partial charge is 0.491 e. The molecule has 0 saturated heterocycles. The van der Waals surface area contributed by atoms with Gasteiger partial charge >= 0.3 is 5.97 Å². The van der Waals surface area contributed by atoms with Gasteiger partial charge in [0.05, 0.1) is 12.1 Å². The molecule has 0 radical (unpaired) electrons. The Bertz CT molecular complexity index is 744. The zero-order valence-electron chi connectivity index (χ0n) is 14.2. The number of esters is 1. The molecule has 25 heavy (non-hydrogen) atoms. The van der Waals surface area contributed by atoms with Crippen molar-refractivity contribution < 1.29 is 19.1 Å². The average molecular weight is 406 g/mol. The standard InChI is InChI=1S/C19H20BrNO4/c1-13-3-8-17(14(2)11-13)24-10-9-21-18(22)12-25-19(23)15-4-6-16(20)7-5-15/h3-8,11H,9-10,12H2,1-2H3,(H,21,22). The fourth-order valence-electron chi connectivity index (χ4n) is 2.16. The number of hydrogen-bond donors (Lipinski definition) is 1. The molecule has 0 atom stereocenters. The van der Waals surface area contributed by atoms with Crippen LogP contribution in [0.25, 0.3) is 0 Å². The van der Waals surface area contributed by atoms with Crippen LogP contribution in [0.1, 0.15) is 21.5 Å². The summed E-state index contributed by atoms with van der Waals surface area (Å²) < 4.78 is 11.5. The van der Waals surface area contributed by atoms with Gasteiger partial charge in [0, 0.05) is 4.47 Å². The second kappa shape index (κ2) is 9.22. The molecule has 5 nitrogen and oxygen atoms in total. The molecular weight excluding hydrogens is 386 g/mol. The Morgan fingerprint density at radius 1 is 1.08 bits per heavy atom. The maximum absolute atomic E-state index is 11.8. The number of carbonyl (C=O) groups excluding carboxylic acids is 2. The third-order valence-electron chi connectivity index (χ3n) is 3.43. The van der Waals surface area contributed by atoms with Gasteiger partial charge in [0.1, 0.15) is 12.4 Å². The zero-order chi connectivity index (χ0) is 18.2. The molecule has 132 valence electrons. The van der Waals surface area contributed by atoms with Gasteiger partial charge < -0.3 is 14.8 Å². The van der Waals surface area contributed by atoms with Crippen LogP contribution < -0.4 is 10.1 Å². The molecule has 1 N–H and O–H groups in total. The Morgan fingerprint density at radius 3 is 2.48 bits per heavy atom. The third kappa shape index (κ3) is 6.23. The van der Waals surface area contributed by atoms with E-state index in [0.29, 0.717) is 18.7 Å².